The molecule has 0 fully saturated rings. The van der Waals surface area contributed by atoms with E-state index < -0.39 is 0 Å². The van der Waals surface area contributed by atoms with Gasteiger partial charge in [0.15, 0.2) is 0 Å². The molecule has 0 saturated heterocycles. The standard InChI is InChI=1S/C4H7F.Mg.2H/c1-2-3-4-5;;;/h3-4H,2H2,1H3;;;/q;+2;2*-1. The van der Waals surface area contributed by atoms with E-state index in [1.54, 1.807) is 0 Å². The fourth-order valence-electron chi connectivity index (χ4n) is 0.0891. The molecule has 0 aliphatic carbocycles. The Kier molecular flexibility index (Phi) is 14.6. The van der Waals surface area contributed by atoms with Crippen LogP contribution in [0.15, 0.2) is 12.4 Å². The Morgan fingerprint density at radius 1 is 1.83 bits per heavy atom. The van der Waals surface area contributed by atoms with Crippen LogP contribution < -0.4 is 0 Å². The first-order valence-corrected chi connectivity index (χ1v) is 1.67. The van der Waals surface area contributed by atoms with Crippen LogP contribution in [0.2, 0.25) is 0 Å². The van der Waals surface area contributed by atoms with E-state index in [1.807, 2.05) is 6.92 Å². The van der Waals surface area contributed by atoms with E-state index >= 15 is 0 Å². The molecular weight excluding hydrogens is 91.3 g/mol. The molecule has 0 unspecified atom stereocenters. The predicted molar refractivity (Wildman–Crippen MR) is 28.5 cm³/mol. The molecule has 0 spiro atoms. The van der Waals surface area contributed by atoms with E-state index in [1.165, 1.54) is 6.08 Å². The molecule has 0 aliphatic heterocycles. The monoisotopic (exact) mass is 100 g/mol. The van der Waals surface area contributed by atoms with Gasteiger partial charge in [0, 0.05) is 0 Å². The Bertz CT molecular complexity index is 41.0. The van der Waals surface area contributed by atoms with Gasteiger partial charge in [0.25, 0.3) is 0 Å². The summed E-state index contributed by atoms with van der Waals surface area (Å²) in [6.45, 7) is 1.88. The number of rotatable bonds is 1. The molecule has 0 rings (SSSR count). The second-order valence-corrected chi connectivity index (χ2v) is 0.770. The topological polar surface area (TPSA) is 0 Å². The Labute approximate surface area is 56.5 Å². The van der Waals surface area contributed by atoms with Gasteiger partial charge in [-0.05, 0) is 6.42 Å². The first-order chi connectivity index (χ1) is 2.41. The Balaban J connectivity index is -0.0000000267. The third kappa shape index (κ3) is 8.83. The van der Waals surface area contributed by atoms with E-state index in [4.69, 9.17) is 0 Å². The van der Waals surface area contributed by atoms with Crippen molar-refractivity contribution in [3.05, 3.63) is 12.4 Å². The molecule has 0 aromatic rings. The predicted octanol–water partition coefficient (Wildman–Crippen LogP) is 1.72. The first-order valence-electron chi connectivity index (χ1n) is 1.67. The molecule has 0 atom stereocenters. The van der Waals surface area contributed by atoms with Crippen molar-refractivity contribution in [1.82, 2.24) is 0 Å². The molecule has 2 heteroatoms. The molecule has 0 aromatic carbocycles. The van der Waals surface area contributed by atoms with Crippen LogP contribution in [0.25, 0.3) is 0 Å². The van der Waals surface area contributed by atoms with Crippen LogP contribution >= 0.6 is 0 Å². The second kappa shape index (κ2) is 9.06. The molecule has 0 aromatic heterocycles. The van der Waals surface area contributed by atoms with Crippen molar-refractivity contribution in [2.24, 2.45) is 0 Å². The van der Waals surface area contributed by atoms with Gasteiger partial charge in [0.2, 0.25) is 0 Å². The molecule has 0 nitrogen and oxygen atoms in total. The van der Waals surface area contributed by atoms with Crippen LogP contribution in [0.3, 0.4) is 0 Å². The molecule has 0 radical (unpaired) electrons. The molecule has 0 saturated carbocycles. The number of allylic oxidation sites excluding steroid dienone is 1. The minimum absolute atomic E-state index is 0. The summed E-state index contributed by atoms with van der Waals surface area (Å²) < 4.78 is 10.8. The molecule has 34 valence electrons. The van der Waals surface area contributed by atoms with Crippen molar-refractivity contribution in [3.63, 3.8) is 0 Å². The van der Waals surface area contributed by atoms with Crippen molar-refractivity contribution < 1.29 is 7.24 Å². The van der Waals surface area contributed by atoms with Gasteiger partial charge in [-0.25, -0.2) is 4.39 Å². The van der Waals surface area contributed by atoms with Gasteiger partial charge in [0.1, 0.15) is 0 Å². The Morgan fingerprint density at radius 2 is 2.33 bits per heavy atom. The van der Waals surface area contributed by atoms with Gasteiger partial charge >= 0.3 is 23.1 Å². The van der Waals surface area contributed by atoms with Gasteiger partial charge in [-0.15, -0.1) is 0 Å². The van der Waals surface area contributed by atoms with Crippen LogP contribution in [0.4, 0.5) is 4.39 Å². The molecule has 0 aliphatic rings. The minimum atomic E-state index is 0. The SMILES string of the molecule is CCC=CF.[H-].[H-].[Mg+2]. The summed E-state index contributed by atoms with van der Waals surface area (Å²) in [5.74, 6) is 0. The molecule has 6 heavy (non-hydrogen) atoms. The molecule has 0 N–H and O–H groups in total. The summed E-state index contributed by atoms with van der Waals surface area (Å²) in [6, 6.07) is 0. The fourth-order valence-corrected chi connectivity index (χ4v) is 0.0891. The molecule has 0 amide bonds. The zero-order chi connectivity index (χ0) is 4.12. The summed E-state index contributed by atoms with van der Waals surface area (Å²) in [6.07, 6.45) is 2.80. The summed E-state index contributed by atoms with van der Waals surface area (Å²) in [5, 5.41) is 0. The van der Waals surface area contributed by atoms with Crippen LogP contribution in [0, 0.1) is 0 Å². The van der Waals surface area contributed by atoms with Crippen LogP contribution in [-0.4, -0.2) is 23.1 Å². The normalized spacial score (nSPS) is 8.33. The average molecular weight is 100 g/mol. The van der Waals surface area contributed by atoms with Crippen molar-refractivity contribution in [1.29, 1.82) is 0 Å². The fraction of sp³-hybridized carbons (Fsp3) is 0.500. The van der Waals surface area contributed by atoms with E-state index in [0.717, 1.165) is 6.42 Å². The van der Waals surface area contributed by atoms with Gasteiger partial charge < -0.3 is 2.85 Å². The van der Waals surface area contributed by atoms with E-state index in [2.05, 4.69) is 0 Å². The van der Waals surface area contributed by atoms with Crippen LogP contribution in [0.1, 0.15) is 16.2 Å². The number of halogens is 1. The van der Waals surface area contributed by atoms with Crippen LogP contribution in [0.5, 0.6) is 0 Å². The van der Waals surface area contributed by atoms with Crippen molar-refractivity contribution in [2.75, 3.05) is 0 Å². The quantitative estimate of drug-likeness (QED) is 0.440. The minimum Gasteiger partial charge on any atom is -1.00 e. The largest absolute Gasteiger partial charge is 2.00 e. The van der Waals surface area contributed by atoms with E-state index in [0.29, 0.717) is 6.33 Å². The third-order valence-electron chi connectivity index (χ3n) is 0.325. The summed E-state index contributed by atoms with van der Waals surface area (Å²) in [5.41, 5.74) is 0. The summed E-state index contributed by atoms with van der Waals surface area (Å²) in [7, 11) is 0. The molecule has 0 bridgehead atoms. The molecule has 0 heterocycles. The zero-order valence-corrected chi connectivity index (χ0v) is 5.36. The summed E-state index contributed by atoms with van der Waals surface area (Å²) in [4.78, 5) is 0. The average Bonchev–Trinajstić information content (AvgIpc) is 1.41. The Hall–Kier alpha value is 0.436. The second-order valence-electron chi connectivity index (χ2n) is 0.770. The van der Waals surface area contributed by atoms with Crippen molar-refractivity contribution in [2.45, 2.75) is 13.3 Å². The summed E-state index contributed by atoms with van der Waals surface area (Å²) >= 11 is 0. The van der Waals surface area contributed by atoms with E-state index in [-0.39, 0.29) is 25.9 Å². The Morgan fingerprint density at radius 3 is 2.33 bits per heavy atom. The number of hydrogen-bond donors (Lipinski definition) is 0. The van der Waals surface area contributed by atoms with Gasteiger partial charge in [-0.2, -0.15) is 0 Å². The third-order valence-corrected chi connectivity index (χ3v) is 0.325. The van der Waals surface area contributed by atoms with Crippen LogP contribution in [-0.2, 0) is 0 Å². The maximum absolute atomic E-state index is 10.8. The van der Waals surface area contributed by atoms with Gasteiger partial charge in [-0.3, -0.25) is 0 Å². The molecular formula is C4H9FMg. The smallest absolute Gasteiger partial charge is 1.00 e. The van der Waals surface area contributed by atoms with Gasteiger partial charge in [0.05, 0.1) is 6.33 Å². The maximum atomic E-state index is 10.8. The van der Waals surface area contributed by atoms with Crippen molar-refractivity contribution in [3.8, 4) is 0 Å². The van der Waals surface area contributed by atoms with Crippen molar-refractivity contribution >= 4 is 23.1 Å². The maximum Gasteiger partial charge on any atom is 2.00 e. The first kappa shape index (κ1) is 9.66. The number of hydrogen-bond acceptors (Lipinski definition) is 0. The van der Waals surface area contributed by atoms with Gasteiger partial charge in [-0.1, -0.05) is 13.0 Å². The zero-order valence-electron chi connectivity index (χ0n) is 5.95. The van der Waals surface area contributed by atoms with E-state index in [9.17, 15) is 4.39 Å².